The van der Waals surface area contributed by atoms with E-state index in [-0.39, 0.29) is 41.3 Å². The van der Waals surface area contributed by atoms with Crippen molar-refractivity contribution in [2.24, 2.45) is 11.8 Å². The molecular weight excluding hydrogens is 783 g/mol. The van der Waals surface area contributed by atoms with Crippen LogP contribution in [0.2, 0.25) is 0 Å². The summed E-state index contributed by atoms with van der Waals surface area (Å²) in [6.07, 6.45) is 34.9. The van der Waals surface area contributed by atoms with Crippen LogP contribution >= 0.6 is 0 Å². The lowest BCUT2D eigenvalue weighted by Crippen LogP contribution is -2.21. The van der Waals surface area contributed by atoms with Crippen LogP contribution in [0, 0.1) is 22.0 Å². The fraction of sp³-hybridized carbons (Fsp3) is 0.827. The lowest BCUT2D eigenvalue weighted by atomic mass is 9.94. The van der Waals surface area contributed by atoms with Crippen LogP contribution in [0.4, 0.5) is 10.5 Å². The molecule has 0 spiro atoms. The topological polar surface area (TPSA) is 131 Å². The molecule has 2 unspecified atom stereocenters. The number of carbonyl (C=O) groups excluding carboxylic acids is 3. The fourth-order valence-electron chi connectivity index (χ4n) is 8.13. The first-order chi connectivity index (χ1) is 30.2. The van der Waals surface area contributed by atoms with E-state index in [2.05, 4.69) is 27.7 Å². The van der Waals surface area contributed by atoms with Gasteiger partial charge in [-0.2, -0.15) is 0 Å². The minimum atomic E-state index is -0.821. The van der Waals surface area contributed by atoms with Crippen LogP contribution in [0.1, 0.15) is 246 Å². The monoisotopic (exact) mass is 874 g/mol. The Morgan fingerprint density at radius 1 is 0.468 bits per heavy atom. The van der Waals surface area contributed by atoms with Crippen LogP contribution in [0.5, 0.6) is 5.75 Å². The van der Waals surface area contributed by atoms with Crippen molar-refractivity contribution in [1.82, 2.24) is 0 Å². The molecule has 62 heavy (non-hydrogen) atoms. The number of esters is 2. The fourth-order valence-corrected chi connectivity index (χ4v) is 8.13. The number of hydrogen-bond donors (Lipinski definition) is 0. The summed E-state index contributed by atoms with van der Waals surface area (Å²) < 4.78 is 22.7. The molecule has 1 rings (SSSR count). The summed E-state index contributed by atoms with van der Waals surface area (Å²) in [7, 11) is 0. The molecule has 0 radical (unpaired) electrons. The number of benzene rings is 1. The number of hydrogen-bond acceptors (Lipinski definition) is 9. The van der Waals surface area contributed by atoms with Gasteiger partial charge in [-0.1, -0.05) is 182 Å². The third-order valence-corrected chi connectivity index (χ3v) is 12.1. The first-order valence-corrected chi connectivity index (χ1v) is 25.7. The van der Waals surface area contributed by atoms with Crippen molar-refractivity contribution in [3.05, 3.63) is 34.4 Å². The normalized spacial score (nSPS) is 12.7. The van der Waals surface area contributed by atoms with Gasteiger partial charge in [0, 0.05) is 12.1 Å². The Morgan fingerprint density at radius 2 is 0.790 bits per heavy atom. The zero-order valence-electron chi connectivity index (χ0n) is 40.1. The van der Waals surface area contributed by atoms with Crippen LogP contribution in [0.15, 0.2) is 24.3 Å². The first-order valence-electron chi connectivity index (χ1n) is 25.7. The number of rotatable bonds is 43. The van der Waals surface area contributed by atoms with Crippen molar-refractivity contribution in [2.75, 3.05) is 13.2 Å². The molecule has 10 nitrogen and oxygen atoms in total. The minimum absolute atomic E-state index is 0.00824. The molecule has 358 valence electrons. The first kappa shape index (κ1) is 56.8. The highest BCUT2D eigenvalue weighted by atomic mass is 16.7. The van der Waals surface area contributed by atoms with Gasteiger partial charge in [0.15, 0.2) is 0 Å². The molecule has 2 atom stereocenters. The second-order valence-electron chi connectivity index (χ2n) is 17.8. The van der Waals surface area contributed by atoms with Gasteiger partial charge in [0.05, 0.1) is 30.0 Å². The van der Waals surface area contributed by atoms with Gasteiger partial charge in [0.1, 0.15) is 11.9 Å². The SMILES string of the molecule is CCCCCCCCC(CCCCCC)C(=O)OCCCCCCC(CCCCCCOC(=O)C(CCCCCC)CCCCCCCC)OC(=O)Oc1ccc([N+](=O)[O-])cc1. The van der Waals surface area contributed by atoms with Gasteiger partial charge in [0.2, 0.25) is 0 Å². The molecule has 0 saturated carbocycles. The van der Waals surface area contributed by atoms with Gasteiger partial charge in [-0.05, 0) is 76.3 Å². The maximum atomic E-state index is 13.1. The average molecular weight is 874 g/mol. The van der Waals surface area contributed by atoms with E-state index in [1.165, 1.54) is 127 Å². The maximum absolute atomic E-state index is 13.1. The van der Waals surface area contributed by atoms with E-state index >= 15 is 0 Å². The van der Waals surface area contributed by atoms with E-state index < -0.39 is 11.1 Å². The molecule has 0 aromatic heterocycles. The Balaban J connectivity index is 2.57. The second kappa shape index (κ2) is 40.6. The predicted octanol–water partition coefficient (Wildman–Crippen LogP) is 16.1. The van der Waals surface area contributed by atoms with Crippen LogP contribution in [-0.4, -0.2) is 42.3 Å². The Kier molecular flexibility index (Phi) is 37.2. The van der Waals surface area contributed by atoms with Crippen molar-refractivity contribution in [3.63, 3.8) is 0 Å². The molecule has 0 amide bonds. The molecule has 0 aliphatic heterocycles. The Labute approximate surface area is 378 Å². The molecule has 0 N–H and O–H groups in total. The van der Waals surface area contributed by atoms with Gasteiger partial charge in [-0.15, -0.1) is 0 Å². The Hall–Kier alpha value is -3.17. The molecule has 0 fully saturated rings. The van der Waals surface area contributed by atoms with Gasteiger partial charge in [-0.3, -0.25) is 19.7 Å². The average Bonchev–Trinajstić information content (AvgIpc) is 3.26. The lowest BCUT2D eigenvalue weighted by molar-refractivity contribution is -0.384. The quantitative estimate of drug-likeness (QED) is 0.0157. The van der Waals surface area contributed by atoms with Gasteiger partial charge < -0.3 is 18.9 Å². The molecule has 0 saturated heterocycles. The predicted molar refractivity (Wildman–Crippen MR) is 253 cm³/mol. The van der Waals surface area contributed by atoms with Gasteiger partial charge >= 0.3 is 18.1 Å². The standard InChI is InChI=1S/C52H91NO9/c1-5-9-13-17-19-27-35-45(33-25-15-11-7-3)50(54)59-43-31-23-21-29-37-48(61-52(56)62-49-41-39-47(40-42-49)53(57)58)38-30-22-24-32-44-60-51(55)46(34-26-16-12-8-4)36-28-20-18-14-10-6-2/h39-42,45-46,48H,5-38,43-44H2,1-4H3. The summed E-state index contributed by atoms with van der Waals surface area (Å²) in [6.45, 7) is 9.76. The zero-order chi connectivity index (χ0) is 45.3. The smallest absolute Gasteiger partial charge is 0.465 e. The van der Waals surface area contributed by atoms with Crippen molar-refractivity contribution in [2.45, 2.75) is 252 Å². The van der Waals surface area contributed by atoms with E-state index in [0.717, 1.165) is 103 Å². The van der Waals surface area contributed by atoms with Crippen molar-refractivity contribution in [3.8, 4) is 5.75 Å². The lowest BCUT2D eigenvalue weighted by Gasteiger charge is -2.18. The summed E-state index contributed by atoms with van der Waals surface area (Å²) in [5.74, 6) is 0.147. The second-order valence-corrected chi connectivity index (χ2v) is 17.8. The van der Waals surface area contributed by atoms with Crippen molar-refractivity contribution < 1.29 is 38.3 Å². The van der Waals surface area contributed by atoms with E-state index in [1.807, 2.05) is 0 Å². The number of nitro benzene ring substituents is 1. The number of carbonyl (C=O) groups is 3. The van der Waals surface area contributed by atoms with Crippen LogP contribution in [-0.2, 0) is 23.8 Å². The number of nitro groups is 1. The van der Waals surface area contributed by atoms with E-state index in [0.29, 0.717) is 26.1 Å². The van der Waals surface area contributed by atoms with Crippen LogP contribution in [0.3, 0.4) is 0 Å². The highest BCUT2D eigenvalue weighted by Gasteiger charge is 2.21. The number of non-ortho nitro benzene ring substituents is 1. The molecule has 1 aromatic carbocycles. The molecule has 10 heteroatoms. The van der Waals surface area contributed by atoms with E-state index in [4.69, 9.17) is 18.9 Å². The third-order valence-electron chi connectivity index (χ3n) is 12.1. The maximum Gasteiger partial charge on any atom is 0.514 e. The van der Waals surface area contributed by atoms with Crippen molar-refractivity contribution in [1.29, 1.82) is 0 Å². The summed E-state index contributed by atoms with van der Waals surface area (Å²) in [5, 5.41) is 11.0. The van der Waals surface area contributed by atoms with E-state index in [1.54, 1.807) is 0 Å². The number of ether oxygens (including phenoxy) is 4. The van der Waals surface area contributed by atoms with Gasteiger partial charge in [-0.25, -0.2) is 4.79 Å². The summed E-state index contributed by atoms with van der Waals surface area (Å²) in [4.78, 5) is 49.4. The molecule has 0 bridgehead atoms. The number of unbranched alkanes of at least 4 members (excludes halogenated alkanes) is 22. The highest BCUT2D eigenvalue weighted by molar-refractivity contribution is 5.72. The van der Waals surface area contributed by atoms with Gasteiger partial charge in [0.25, 0.3) is 5.69 Å². The summed E-state index contributed by atoms with van der Waals surface area (Å²) in [5.41, 5.74) is -0.0843. The zero-order valence-corrected chi connectivity index (χ0v) is 40.1. The van der Waals surface area contributed by atoms with E-state index in [9.17, 15) is 24.5 Å². The third kappa shape index (κ3) is 31.6. The minimum Gasteiger partial charge on any atom is -0.465 e. The van der Waals surface area contributed by atoms with Crippen molar-refractivity contribution >= 4 is 23.8 Å². The largest absolute Gasteiger partial charge is 0.514 e. The summed E-state index contributed by atoms with van der Waals surface area (Å²) in [6, 6.07) is 5.37. The number of nitrogens with zero attached hydrogens (tertiary/aromatic N) is 1. The Bertz CT molecular complexity index is 1180. The van der Waals surface area contributed by atoms with Crippen LogP contribution in [0.25, 0.3) is 0 Å². The Morgan fingerprint density at radius 3 is 1.16 bits per heavy atom. The molecule has 1 aromatic rings. The molecule has 0 aliphatic rings. The summed E-state index contributed by atoms with van der Waals surface area (Å²) >= 11 is 0. The molecule has 0 heterocycles. The molecule has 0 aliphatic carbocycles. The van der Waals surface area contributed by atoms with Crippen LogP contribution < -0.4 is 4.74 Å². The molecular formula is C52H91NO9. The highest BCUT2D eigenvalue weighted by Crippen LogP contribution is 2.24.